The Bertz CT molecular complexity index is 543. The molecule has 2 aromatic rings. The van der Waals surface area contributed by atoms with Crippen LogP contribution in [0.3, 0.4) is 0 Å². The monoisotopic (exact) mass is 242 g/mol. The number of benzene rings is 1. The topological polar surface area (TPSA) is 34.9 Å². The summed E-state index contributed by atoms with van der Waals surface area (Å²) >= 11 is 0. The second-order valence-electron chi connectivity index (χ2n) is 4.47. The highest BCUT2D eigenvalue weighted by Gasteiger charge is 2.13. The van der Waals surface area contributed by atoms with Gasteiger partial charge in [-0.25, -0.2) is 4.98 Å². The third-order valence-corrected chi connectivity index (χ3v) is 3.04. The minimum absolute atomic E-state index is 0.0859. The van der Waals surface area contributed by atoms with Gasteiger partial charge in [-0.3, -0.25) is 4.79 Å². The van der Waals surface area contributed by atoms with Crippen LogP contribution in [0.4, 0.5) is 0 Å². The van der Waals surface area contributed by atoms with Crippen molar-refractivity contribution in [1.29, 1.82) is 0 Å². The molecule has 0 N–H and O–H groups in total. The number of nitrogens with zero attached hydrogens (tertiary/aromatic N) is 2. The van der Waals surface area contributed by atoms with Gasteiger partial charge in [-0.2, -0.15) is 0 Å². The van der Waals surface area contributed by atoms with E-state index in [-0.39, 0.29) is 5.78 Å². The summed E-state index contributed by atoms with van der Waals surface area (Å²) < 4.78 is 1.93. The molecule has 0 aliphatic rings. The van der Waals surface area contributed by atoms with Gasteiger partial charge in [0.25, 0.3) is 0 Å². The van der Waals surface area contributed by atoms with Gasteiger partial charge in [-0.15, -0.1) is 0 Å². The minimum Gasteiger partial charge on any atom is -0.329 e. The van der Waals surface area contributed by atoms with Gasteiger partial charge in [0, 0.05) is 25.4 Å². The number of imidazole rings is 1. The number of ketones is 1. The highest BCUT2D eigenvalue weighted by Crippen LogP contribution is 2.11. The third kappa shape index (κ3) is 2.67. The van der Waals surface area contributed by atoms with E-state index in [0.717, 1.165) is 24.1 Å². The lowest BCUT2D eigenvalue weighted by atomic mass is 10.0. The molecule has 94 valence electrons. The van der Waals surface area contributed by atoms with Gasteiger partial charge < -0.3 is 4.57 Å². The molecular formula is C15H18N2O. The molecule has 1 aromatic carbocycles. The average Bonchev–Trinajstić information content (AvgIpc) is 2.81. The highest BCUT2D eigenvalue weighted by atomic mass is 16.1. The van der Waals surface area contributed by atoms with E-state index in [4.69, 9.17) is 0 Å². The summed E-state index contributed by atoms with van der Waals surface area (Å²) in [5.41, 5.74) is 2.23. The zero-order valence-corrected chi connectivity index (χ0v) is 10.9. The van der Waals surface area contributed by atoms with Gasteiger partial charge in [0.2, 0.25) is 5.78 Å². The molecule has 3 nitrogen and oxygen atoms in total. The molecule has 1 aromatic heterocycles. The second-order valence-corrected chi connectivity index (χ2v) is 4.47. The zero-order chi connectivity index (χ0) is 13.0. The zero-order valence-electron chi connectivity index (χ0n) is 10.9. The Morgan fingerprint density at radius 1 is 1.33 bits per heavy atom. The van der Waals surface area contributed by atoms with E-state index in [1.807, 2.05) is 42.0 Å². The molecule has 0 fully saturated rings. The van der Waals surface area contributed by atoms with Crippen molar-refractivity contribution in [2.45, 2.75) is 33.2 Å². The maximum atomic E-state index is 12.2. The molecule has 0 radical (unpaired) electrons. The predicted molar refractivity (Wildman–Crippen MR) is 71.7 cm³/mol. The van der Waals surface area contributed by atoms with Crippen molar-refractivity contribution >= 4 is 5.78 Å². The molecule has 0 saturated heterocycles. The molecule has 0 saturated carbocycles. The Morgan fingerprint density at radius 3 is 2.83 bits per heavy atom. The first-order valence-corrected chi connectivity index (χ1v) is 6.31. The number of hydrogen-bond acceptors (Lipinski definition) is 2. The van der Waals surface area contributed by atoms with Crippen molar-refractivity contribution in [3.63, 3.8) is 0 Å². The molecular weight excluding hydrogens is 224 g/mol. The lowest BCUT2D eigenvalue weighted by molar-refractivity contribution is 0.0978. The van der Waals surface area contributed by atoms with Crippen molar-refractivity contribution in [2.75, 3.05) is 0 Å². The van der Waals surface area contributed by atoms with Crippen LogP contribution < -0.4 is 0 Å². The third-order valence-electron chi connectivity index (χ3n) is 3.04. The molecule has 1 heterocycles. The number of aromatic nitrogens is 2. The summed E-state index contributed by atoms with van der Waals surface area (Å²) in [4.78, 5) is 16.4. The quantitative estimate of drug-likeness (QED) is 0.755. The summed E-state index contributed by atoms with van der Waals surface area (Å²) in [7, 11) is 0. The van der Waals surface area contributed by atoms with Crippen molar-refractivity contribution < 1.29 is 4.79 Å². The first-order valence-electron chi connectivity index (χ1n) is 6.31. The van der Waals surface area contributed by atoms with Crippen LogP contribution in [0.25, 0.3) is 0 Å². The van der Waals surface area contributed by atoms with Gasteiger partial charge in [-0.1, -0.05) is 31.2 Å². The molecule has 0 atom stereocenters. The predicted octanol–water partition coefficient (Wildman–Crippen LogP) is 3.03. The Labute approximate surface area is 107 Å². The van der Waals surface area contributed by atoms with Crippen LogP contribution in [0, 0.1) is 6.92 Å². The SMILES string of the molecule is CCCn1ccnc1C(=O)Cc1ccccc1C. The number of hydrogen-bond donors (Lipinski definition) is 0. The van der Waals surface area contributed by atoms with Crippen molar-refractivity contribution in [3.8, 4) is 0 Å². The number of Topliss-reactive ketones (excluding diaryl/α,β-unsaturated/α-hetero) is 1. The van der Waals surface area contributed by atoms with E-state index in [1.165, 1.54) is 0 Å². The van der Waals surface area contributed by atoms with E-state index in [2.05, 4.69) is 11.9 Å². The maximum Gasteiger partial charge on any atom is 0.202 e. The lowest BCUT2D eigenvalue weighted by Crippen LogP contribution is -2.13. The van der Waals surface area contributed by atoms with Gasteiger partial charge in [0.1, 0.15) is 0 Å². The number of rotatable bonds is 5. The van der Waals surface area contributed by atoms with Crippen LogP contribution in [0.15, 0.2) is 36.7 Å². The molecule has 0 unspecified atom stereocenters. The second kappa shape index (κ2) is 5.63. The summed E-state index contributed by atoms with van der Waals surface area (Å²) in [5.74, 6) is 0.655. The van der Waals surface area contributed by atoms with Crippen LogP contribution in [0.5, 0.6) is 0 Å². The standard InChI is InChI=1S/C15H18N2O/c1-3-9-17-10-8-16-15(17)14(18)11-13-7-5-4-6-12(13)2/h4-8,10H,3,9,11H2,1-2H3. The van der Waals surface area contributed by atoms with Crippen LogP contribution in [0.2, 0.25) is 0 Å². The average molecular weight is 242 g/mol. The number of carbonyl (C=O) groups excluding carboxylic acids is 1. The molecule has 0 spiro atoms. The molecule has 0 amide bonds. The van der Waals surface area contributed by atoms with E-state index in [9.17, 15) is 4.79 Å². The van der Waals surface area contributed by atoms with Crippen molar-refractivity contribution in [3.05, 3.63) is 53.6 Å². The Kier molecular flexibility index (Phi) is 3.92. The van der Waals surface area contributed by atoms with Crippen LogP contribution in [-0.2, 0) is 13.0 Å². The Morgan fingerprint density at radius 2 is 2.11 bits per heavy atom. The smallest absolute Gasteiger partial charge is 0.202 e. The summed E-state index contributed by atoms with van der Waals surface area (Å²) in [6.07, 6.45) is 4.99. The van der Waals surface area contributed by atoms with Gasteiger partial charge in [0.05, 0.1) is 0 Å². The Hall–Kier alpha value is -1.90. The lowest BCUT2D eigenvalue weighted by Gasteiger charge is -2.07. The normalized spacial score (nSPS) is 10.6. The Balaban J connectivity index is 2.17. The summed E-state index contributed by atoms with van der Waals surface area (Å²) in [6.45, 7) is 4.96. The number of carbonyl (C=O) groups is 1. The number of aryl methyl sites for hydroxylation is 2. The molecule has 0 aliphatic heterocycles. The van der Waals surface area contributed by atoms with E-state index in [1.54, 1.807) is 6.20 Å². The molecule has 3 heteroatoms. The van der Waals surface area contributed by atoms with Gasteiger partial charge in [-0.05, 0) is 24.5 Å². The van der Waals surface area contributed by atoms with E-state index < -0.39 is 0 Å². The fraction of sp³-hybridized carbons (Fsp3) is 0.333. The van der Waals surface area contributed by atoms with Crippen LogP contribution in [0.1, 0.15) is 35.1 Å². The molecule has 2 rings (SSSR count). The first-order chi connectivity index (χ1) is 8.72. The summed E-state index contributed by atoms with van der Waals surface area (Å²) in [5, 5.41) is 0. The fourth-order valence-corrected chi connectivity index (χ4v) is 2.04. The van der Waals surface area contributed by atoms with Crippen molar-refractivity contribution in [1.82, 2.24) is 9.55 Å². The molecule has 18 heavy (non-hydrogen) atoms. The van der Waals surface area contributed by atoms with E-state index in [0.29, 0.717) is 12.2 Å². The largest absolute Gasteiger partial charge is 0.329 e. The first kappa shape index (κ1) is 12.6. The van der Waals surface area contributed by atoms with E-state index >= 15 is 0 Å². The van der Waals surface area contributed by atoms with Crippen molar-refractivity contribution in [2.24, 2.45) is 0 Å². The molecule has 0 bridgehead atoms. The summed E-state index contributed by atoms with van der Waals surface area (Å²) in [6, 6.07) is 7.98. The highest BCUT2D eigenvalue weighted by molar-refractivity contribution is 5.94. The van der Waals surface area contributed by atoms with Gasteiger partial charge >= 0.3 is 0 Å². The fourth-order valence-electron chi connectivity index (χ4n) is 2.04. The minimum atomic E-state index is 0.0859. The molecule has 0 aliphatic carbocycles. The van der Waals surface area contributed by atoms with Crippen LogP contribution in [-0.4, -0.2) is 15.3 Å². The van der Waals surface area contributed by atoms with Crippen LogP contribution >= 0.6 is 0 Å². The maximum absolute atomic E-state index is 12.2. The van der Waals surface area contributed by atoms with Gasteiger partial charge in [0.15, 0.2) is 5.82 Å².